The van der Waals surface area contributed by atoms with Crippen LogP contribution in [0.25, 0.3) is 5.95 Å². The highest BCUT2D eigenvalue weighted by Crippen LogP contribution is 2.12. The number of anilines is 1. The molecule has 0 aliphatic rings. The Kier molecular flexibility index (Phi) is 3.92. The fourth-order valence-corrected chi connectivity index (χ4v) is 2.26. The fourth-order valence-electron chi connectivity index (χ4n) is 2.26. The number of aromatic nitrogens is 5. The molecule has 0 radical (unpaired) electrons. The molecule has 2 heterocycles. The second-order valence-corrected chi connectivity index (χ2v) is 5.54. The molecular weight excluding hydrogens is 290 g/mol. The van der Waals surface area contributed by atoms with Gasteiger partial charge in [0.15, 0.2) is 0 Å². The first kappa shape index (κ1) is 15.0. The average molecular weight is 309 g/mol. The molecular formula is C16H19N7. The van der Waals surface area contributed by atoms with Gasteiger partial charge in [0.1, 0.15) is 6.33 Å². The van der Waals surface area contributed by atoms with Crippen LogP contribution in [0, 0.1) is 13.8 Å². The number of hydrogen-bond acceptors (Lipinski definition) is 5. The van der Waals surface area contributed by atoms with Crippen LogP contribution in [-0.4, -0.2) is 45.0 Å². The van der Waals surface area contributed by atoms with Crippen molar-refractivity contribution in [2.45, 2.75) is 13.8 Å². The van der Waals surface area contributed by atoms with Crippen LogP contribution in [0.5, 0.6) is 0 Å². The zero-order valence-corrected chi connectivity index (χ0v) is 13.7. The molecule has 0 N–H and O–H groups in total. The van der Waals surface area contributed by atoms with Gasteiger partial charge in [-0.25, -0.2) is 4.68 Å². The van der Waals surface area contributed by atoms with Gasteiger partial charge in [-0.15, -0.1) is 10.2 Å². The third-order valence-electron chi connectivity index (χ3n) is 3.45. The summed E-state index contributed by atoms with van der Waals surface area (Å²) < 4.78 is 3.34. The molecule has 0 aliphatic heterocycles. The van der Waals surface area contributed by atoms with Crippen molar-refractivity contribution >= 4 is 11.9 Å². The lowest BCUT2D eigenvalue weighted by molar-refractivity contribution is 0.717. The van der Waals surface area contributed by atoms with Crippen molar-refractivity contribution < 1.29 is 0 Å². The fraction of sp³-hybridized carbons (Fsp3) is 0.250. The molecule has 0 unspecified atom stereocenters. The topological polar surface area (TPSA) is 64.1 Å². The molecule has 2 aromatic heterocycles. The molecule has 7 heteroatoms. The highest BCUT2D eigenvalue weighted by Gasteiger charge is 2.10. The van der Waals surface area contributed by atoms with Crippen LogP contribution in [0.15, 0.2) is 41.8 Å². The first-order valence-corrected chi connectivity index (χ1v) is 7.30. The van der Waals surface area contributed by atoms with Gasteiger partial charge in [0.25, 0.3) is 5.95 Å². The van der Waals surface area contributed by atoms with Crippen molar-refractivity contribution in [2.75, 3.05) is 19.0 Å². The predicted octanol–water partition coefficient (Wildman–Crippen LogP) is 2.03. The lowest BCUT2D eigenvalue weighted by Crippen LogP contribution is -2.08. The number of rotatable bonds is 4. The van der Waals surface area contributed by atoms with E-state index >= 15 is 0 Å². The van der Waals surface area contributed by atoms with Crippen LogP contribution in [0.3, 0.4) is 0 Å². The molecule has 3 rings (SSSR count). The van der Waals surface area contributed by atoms with Gasteiger partial charge in [-0.1, -0.05) is 12.1 Å². The molecule has 0 bridgehead atoms. The summed E-state index contributed by atoms with van der Waals surface area (Å²) in [6, 6.07) is 10.1. The molecule has 23 heavy (non-hydrogen) atoms. The normalized spacial score (nSPS) is 11.3. The van der Waals surface area contributed by atoms with E-state index in [1.54, 1.807) is 21.9 Å². The third-order valence-corrected chi connectivity index (χ3v) is 3.45. The second kappa shape index (κ2) is 6.04. The number of aryl methyl sites for hydroxylation is 2. The third kappa shape index (κ3) is 3.13. The Morgan fingerprint density at radius 2 is 1.87 bits per heavy atom. The number of hydrogen-bond donors (Lipinski definition) is 0. The Morgan fingerprint density at radius 3 is 2.48 bits per heavy atom. The van der Waals surface area contributed by atoms with Gasteiger partial charge in [-0.2, -0.15) is 14.9 Å². The molecule has 118 valence electrons. The van der Waals surface area contributed by atoms with E-state index in [1.165, 1.54) is 0 Å². The lowest BCUT2D eigenvalue weighted by atomic mass is 10.2. The minimum Gasteiger partial charge on any atom is -0.378 e. The predicted molar refractivity (Wildman–Crippen MR) is 90.4 cm³/mol. The smallest absolute Gasteiger partial charge is 0.273 e. The van der Waals surface area contributed by atoms with Crippen molar-refractivity contribution in [3.63, 3.8) is 0 Å². The van der Waals surface area contributed by atoms with Gasteiger partial charge in [0.05, 0.1) is 11.9 Å². The number of benzene rings is 1. The summed E-state index contributed by atoms with van der Waals surface area (Å²) in [5.41, 5.74) is 4.07. The zero-order valence-electron chi connectivity index (χ0n) is 13.7. The minimum absolute atomic E-state index is 0.566. The Balaban J connectivity index is 1.86. The van der Waals surface area contributed by atoms with Crippen LogP contribution < -0.4 is 4.90 Å². The summed E-state index contributed by atoms with van der Waals surface area (Å²) >= 11 is 0. The maximum atomic E-state index is 4.43. The summed E-state index contributed by atoms with van der Waals surface area (Å²) in [5.74, 6) is 0.566. The molecule has 3 aromatic rings. The molecule has 7 nitrogen and oxygen atoms in total. The number of nitrogens with zero attached hydrogens (tertiary/aromatic N) is 7. The van der Waals surface area contributed by atoms with E-state index in [-0.39, 0.29) is 0 Å². The zero-order chi connectivity index (χ0) is 16.4. The first-order chi connectivity index (χ1) is 11.0. The molecule has 1 aromatic carbocycles. The molecule has 0 fully saturated rings. The van der Waals surface area contributed by atoms with E-state index in [2.05, 4.69) is 37.4 Å². The maximum Gasteiger partial charge on any atom is 0.273 e. The summed E-state index contributed by atoms with van der Waals surface area (Å²) in [4.78, 5) is 2.06. The van der Waals surface area contributed by atoms with E-state index in [1.807, 2.05) is 46.1 Å². The van der Waals surface area contributed by atoms with E-state index in [9.17, 15) is 0 Å². The monoisotopic (exact) mass is 309 g/mol. The molecule has 0 spiro atoms. The van der Waals surface area contributed by atoms with E-state index in [4.69, 9.17) is 0 Å². The van der Waals surface area contributed by atoms with Crippen molar-refractivity contribution in [1.82, 2.24) is 24.7 Å². The van der Waals surface area contributed by atoms with Crippen LogP contribution in [0.4, 0.5) is 5.69 Å². The molecule has 0 atom stereocenters. The Hall–Kier alpha value is -2.96. The van der Waals surface area contributed by atoms with Crippen LogP contribution in [0.1, 0.15) is 17.0 Å². The molecule has 0 saturated heterocycles. The molecule has 0 saturated carbocycles. The van der Waals surface area contributed by atoms with Gasteiger partial charge in [0, 0.05) is 25.5 Å². The van der Waals surface area contributed by atoms with E-state index < -0.39 is 0 Å². The average Bonchev–Trinajstić information content (AvgIpc) is 3.11. The van der Waals surface area contributed by atoms with Crippen LogP contribution >= 0.6 is 0 Å². The largest absolute Gasteiger partial charge is 0.378 e. The Labute approximate surface area is 134 Å². The molecule has 0 amide bonds. The van der Waals surface area contributed by atoms with Gasteiger partial charge < -0.3 is 4.90 Å². The second-order valence-electron chi connectivity index (χ2n) is 5.54. The van der Waals surface area contributed by atoms with E-state index in [0.29, 0.717) is 5.95 Å². The highest BCUT2D eigenvalue weighted by molar-refractivity contribution is 5.80. The van der Waals surface area contributed by atoms with Crippen LogP contribution in [-0.2, 0) is 0 Å². The quantitative estimate of drug-likeness (QED) is 0.692. The van der Waals surface area contributed by atoms with Crippen LogP contribution in [0.2, 0.25) is 0 Å². The maximum absolute atomic E-state index is 4.43. The highest BCUT2D eigenvalue weighted by atomic mass is 15.5. The summed E-state index contributed by atoms with van der Waals surface area (Å²) in [7, 11) is 4.03. The van der Waals surface area contributed by atoms with Crippen molar-refractivity contribution in [1.29, 1.82) is 0 Å². The minimum atomic E-state index is 0.566. The first-order valence-electron chi connectivity index (χ1n) is 7.30. The van der Waals surface area contributed by atoms with Gasteiger partial charge in [0.2, 0.25) is 0 Å². The summed E-state index contributed by atoms with van der Waals surface area (Å²) in [6.45, 7) is 3.92. The Morgan fingerprint density at radius 1 is 1.13 bits per heavy atom. The van der Waals surface area contributed by atoms with Crippen molar-refractivity contribution in [3.05, 3.63) is 53.6 Å². The van der Waals surface area contributed by atoms with Gasteiger partial charge >= 0.3 is 0 Å². The lowest BCUT2D eigenvalue weighted by Gasteiger charge is -2.11. The van der Waals surface area contributed by atoms with Gasteiger partial charge in [-0.3, -0.25) is 0 Å². The Bertz CT molecular complexity index is 824. The van der Waals surface area contributed by atoms with E-state index in [0.717, 1.165) is 22.6 Å². The summed E-state index contributed by atoms with van der Waals surface area (Å²) in [5, 5.41) is 16.9. The van der Waals surface area contributed by atoms with Crippen molar-refractivity contribution in [3.8, 4) is 5.95 Å². The SMILES string of the molecule is Cc1cc(C)n(-c2nncn2N=Cc2ccc(N(C)C)cc2)n1. The standard InChI is InChI=1S/C16H19N7/c1-12-9-13(2)23(20-12)16-19-17-11-22(16)18-10-14-5-7-15(8-6-14)21(3)4/h5-11H,1-4H3. The van der Waals surface area contributed by atoms with Gasteiger partial charge in [-0.05, 0) is 37.6 Å². The molecule has 0 aliphatic carbocycles. The van der Waals surface area contributed by atoms with Crippen molar-refractivity contribution in [2.24, 2.45) is 5.10 Å². The summed E-state index contributed by atoms with van der Waals surface area (Å²) in [6.07, 6.45) is 3.34.